The second-order valence-electron chi connectivity index (χ2n) is 4.96. The summed E-state index contributed by atoms with van der Waals surface area (Å²) in [4.78, 5) is 0. The molecule has 0 N–H and O–H groups in total. The van der Waals surface area contributed by atoms with Crippen LogP contribution in [-0.2, 0) is 12.8 Å². The topological polar surface area (TPSA) is 22.8 Å². The normalized spacial score (nSPS) is 13.7. The Bertz CT molecular complexity index is 707. The fourth-order valence-corrected chi connectivity index (χ4v) is 2.85. The monoisotopic (exact) mass is 249 g/mol. The molecular formula is C16H15N3. The van der Waals surface area contributed by atoms with E-state index in [1.54, 1.807) is 0 Å². The molecule has 3 aromatic rings. The van der Waals surface area contributed by atoms with E-state index >= 15 is 0 Å². The molecule has 4 rings (SSSR count). The third-order valence-corrected chi connectivity index (χ3v) is 3.76. The Morgan fingerprint density at radius 1 is 0.947 bits per heavy atom. The lowest BCUT2D eigenvalue weighted by Crippen LogP contribution is -2.07. The summed E-state index contributed by atoms with van der Waals surface area (Å²) in [5.74, 6) is 1.20. The number of aromatic nitrogens is 3. The summed E-state index contributed by atoms with van der Waals surface area (Å²) in [6.07, 6.45) is 7.58. The van der Waals surface area contributed by atoms with Crippen LogP contribution in [0.1, 0.15) is 17.7 Å². The van der Waals surface area contributed by atoms with E-state index in [-0.39, 0.29) is 0 Å². The van der Waals surface area contributed by atoms with E-state index in [1.165, 1.54) is 23.5 Å². The fourth-order valence-electron chi connectivity index (χ4n) is 2.85. The first-order valence-corrected chi connectivity index (χ1v) is 6.72. The first-order chi connectivity index (χ1) is 9.43. The van der Waals surface area contributed by atoms with Crippen LogP contribution in [0.4, 0.5) is 0 Å². The highest BCUT2D eigenvalue weighted by Crippen LogP contribution is 2.26. The highest BCUT2D eigenvalue weighted by atomic mass is 15.3. The van der Waals surface area contributed by atoms with Crippen LogP contribution in [-0.4, -0.2) is 14.3 Å². The summed E-state index contributed by atoms with van der Waals surface area (Å²) in [7, 11) is 0. The molecule has 0 bridgehead atoms. The lowest BCUT2D eigenvalue weighted by Gasteiger charge is -2.11. The number of benzene rings is 1. The Hall–Kier alpha value is -2.29. The van der Waals surface area contributed by atoms with Gasteiger partial charge in [0.15, 0.2) is 0 Å². The zero-order valence-corrected chi connectivity index (χ0v) is 10.7. The first-order valence-electron chi connectivity index (χ1n) is 6.72. The van der Waals surface area contributed by atoms with Gasteiger partial charge >= 0.3 is 0 Å². The predicted octanol–water partition coefficient (Wildman–Crippen LogP) is 3.15. The van der Waals surface area contributed by atoms with Crippen LogP contribution in [0.3, 0.4) is 0 Å². The lowest BCUT2D eigenvalue weighted by atomic mass is 10.1. The van der Waals surface area contributed by atoms with Gasteiger partial charge in [-0.2, -0.15) is 5.10 Å². The molecule has 0 fully saturated rings. The van der Waals surface area contributed by atoms with Gasteiger partial charge < -0.3 is 4.57 Å². The maximum Gasteiger partial charge on any atom is 0.143 e. The van der Waals surface area contributed by atoms with Crippen LogP contribution in [0.25, 0.3) is 11.5 Å². The molecule has 19 heavy (non-hydrogen) atoms. The molecule has 0 amide bonds. The van der Waals surface area contributed by atoms with E-state index in [0.29, 0.717) is 0 Å². The molecule has 0 spiro atoms. The summed E-state index contributed by atoms with van der Waals surface area (Å²) in [5.41, 5.74) is 3.82. The predicted molar refractivity (Wildman–Crippen MR) is 74.9 cm³/mol. The number of rotatable bonds is 1. The van der Waals surface area contributed by atoms with Crippen molar-refractivity contribution in [3.05, 3.63) is 66.1 Å². The molecule has 0 radical (unpaired) electrons. The molecule has 3 heteroatoms. The molecule has 94 valence electrons. The second kappa shape index (κ2) is 4.12. The summed E-state index contributed by atoms with van der Waals surface area (Å²) >= 11 is 0. The quantitative estimate of drug-likeness (QED) is 0.649. The maximum atomic E-state index is 4.58. The number of hydrogen-bond acceptors (Lipinski definition) is 1. The van der Waals surface area contributed by atoms with E-state index in [0.717, 1.165) is 18.5 Å². The van der Waals surface area contributed by atoms with Crippen molar-refractivity contribution < 1.29 is 0 Å². The number of aryl methyl sites for hydroxylation is 2. The minimum Gasteiger partial charge on any atom is -0.305 e. The summed E-state index contributed by atoms with van der Waals surface area (Å²) in [6, 6.07) is 14.7. The molecule has 0 saturated carbocycles. The largest absolute Gasteiger partial charge is 0.305 e. The number of fused-ring (bicyclic) bond motifs is 3. The Kier molecular flexibility index (Phi) is 2.30. The highest BCUT2D eigenvalue weighted by Gasteiger charge is 2.18. The molecule has 3 heterocycles. The maximum absolute atomic E-state index is 4.58. The van der Waals surface area contributed by atoms with Gasteiger partial charge in [0.05, 0.1) is 11.9 Å². The molecule has 3 nitrogen and oxygen atoms in total. The number of nitrogens with zero attached hydrogens (tertiary/aromatic N) is 3. The van der Waals surface area contributed by atoms with Gasteiger partial charge in [0, 0.05) is 17.5 Å². The van der Waals surface area contributed by atoms with Crippen LogP contribution in [0, 0.1) is 0 Å². The van der Waals surface area contributed by atoms with Crippen molar-refractivity contribution in [1.29, 1.82) is 0 Å². The molecule has 0 saturated heterocycles. The molecule has 1 aliphatic heterocycles. The van der Waals surface area contributed by atoms with Crippen LogP contribution in [0.5, 0.6) is 0 Å². The van der Waals surface area contributed by atoms with Crippen molar-refractivity contribution >= 4 is 0 Å². The van der Waals surface area contributed by atoms with E-state index in [1.807, 2.05) is 16.9 Å². The van der Waals surface area contributed by atoms with Crippen LogP contribution < -0.4 is 0 Å². The average Bonchev–Trinajstić information content (AvgIpc) is 3.04. The van der Waals surface area contributed by atoms with Gasteiger partial charge in [-0.1, -0.05) is 18.2 Å². The van der Waals surface area contributed by atoms with Crippen LogP contribution >= 0.6 is 0 Å². The van der Waals surface area contributed by atoms with E-state index < -0.39 is 0 Å². The number of para-hydroxylation sites is 1. The standard InChI is InChI=1S/C16H15N3/c1-2-7-15(8-3-1)19-16-13(12-17-19)6-4-9-14-10-5-11-18(14)16/h1-3,5,7-8,10-12H,4,6,9H2. The minimum absolute atomic E-state index is 1.10. The van der Waals surface area contributed by atoms with Crippen molar-refractivity contribution in [1.82, 2.24) is 14.3 Å². The zero-order chi connectivity index (χ0) is 12.7. The smallest absolute Gasteiger partial charge is 0.143 e. The van der Waals surface area contributed by atoms with Gasteiger partial charge in [-0.15, -0.1) is 0 Å². The van der Waals surface area contributed by atoms with Gasteiger partial charge in [0.25, 0.3) is 0 Å². The Balaban J connectivity index is 1.97. The van der Waals surface area contributed by atoms with Crippen molar-refractivity contribution in [3.63, 3.8) is 0 Å². The SMILES string of the molecule is c1ccc(-n2ncc3c2-n2cccc2CCC3)cc1. The van der Waals surface area contributed by atoms with Crippen molar-refractivity contribution in [3.8, 4) is 11.5 Å². The van der Waals surface area contributed by atoms with Crippen LogP contribution in [0.15, 0.2) is 54.9 Å². The third-order valence-electron chi connectivity index (χ3n) is 3.76. The molecule has 0 unspecified atom stereocenters. The van der Waals surface area contributed by atoms with E-state index in [9.17, 15) is 0 Å². The van der Waals surface area contributed by atoms with Crippen molar-refractivity contribution in [2.75, 3.05) is 0 Å². The van der Waals surface area contributed by atoms with Crippen molar-refractivity contribution in [2.24, 2.45) is 0 Å². The first kappa shape index (κ1) is 10.6. The van der Waals surface area contributed by atoms with Crippen molar-refractivity contribution in [2.45, 2.75) is 19.3 Å². The number of hydrogen-bond donors (Lipinski definition) is 0. The second-order valence-corrected chi connectivity index (χ2v) is 4.96. The van der Waals surface area contributed by atoms with Gasteiger partial charge in [0.1, 0.15) is 5.82 Å². The van der Waals surface area contributed by atoms with E-state index in [4.69, 9.17) is 0 Å². The summed E-state index contributed by atoms with van der Waals surface area (Å²) < 4.78 is 4.33. The summed E-state index contributed by atoms with van der Waals surface area (Å²) in [6.45, 7) is 0. The van der Waals surface area contributed by atoms with Gasteiger partial charge in [-0.05, 0) is 43.5 Å². The highest BCUT2D eigenvalue weighted by molar-refractivity contribution is 5.45. The molecule has 2 aromatic heterocycles. The third kappa shape index (κ3) is 1.62. The zero-order valence-electron chi connectivity index (χ0n) is 10.7. The molecule has 1 aliphatic rings. The molecular weight excluding hydrogens is 234 g/mol. The average molecular weight is 249 g/mol. The molecule has 1 aromatic carbocycles. The van der Waals surface area contributed by atoms with Gasteiger partial charge in [0.2, 0.25) is 0 Å². The summed E-state index contributed by atoms with van der Waals surface area (Å²) in [5, 5.41) is 4.58. The Morgan fingerprint density at radius 3 is 2.74 bits per heavy atom. The van der Waals surface area contributed by atoms with Gasteiger partial charge in [-0.25, -0.2) is 4.68 Å². The Labute approximate surface area is 112 Å². The lowest BCUT2D eigenvalue weighted by molar-refractivity contribution is 0.783. The fraction of sp³-hybridized carbons (Fsp3) is 0.188. The van der Waals surface area contributed by atoms with E-state index in [2.05, 4.69) is 52.3 Å². The molecule has 0 atom stereocenters. The minimum atomic E-state index is 1.10. The van der Waals surface area contributed by atoms with Gasteiger partial charge in [-0.3, -0.25) is 0 Å². The Morgan fingerprint density at radius 2 is 1.84 bits per heavy atom. The molecule has 0 aliphatic carbocycles. The van der Waals surface area contributed by atoms with Crippen LogP contribution in [0.2, 0.25) is 0 Å².